The lowest BCUT2D eigenvalue weighted by atomic mass is 9.99. The molecular formula is C29H34FNO2. The number of hydrogen-bond acceptors (Lipinski definition) is 2. The van der Waals surface area contributed by atoms with Crippen molar-refractivity contribution in [3.8, 4) is 22.3 Å². The molecule has 3 rings (SSSR count). The minimum absolute atomic E-state index is 0.132. The number of ether oxygens (including phenoxy) is 1. The Bertz CT molecular complexity index is 1070. The normalized spacial score (nSPS) is 12.3. The highest BCUT2D eigenvalue weighted by Gasteiger charge is 2.07. The van der Waals surface area contributed by atoms with Crippen molar-refractivity contribution in [2.24, 2.45) is 0 Å². The number of unbranched alkanes of at least 4 members (excludes halogenated alkanes) is 3. The molecule has 0 bridgehead atoms. The minimum atomic E-state index is -0.233. The smallest absolute Gasteiger partial charge is 0.247 e. The molecule has 3 aromatic rings. The molecule has 0 saturated carbocycles. The van der Waals surface area contributed by atoms with Gasteiger partial charge >= 0.3 is 0 Å². The number of pyridine rings is 1. The lowest BCUT2D eigenvalue weighted by molar-refractivity contribution is 0.0566. The van der Waals surface area contributed by atoms with Crippen LogP contribution in [0.2, 0.25) is 0 Å². The number of benzene rings is 2. The van der Waals surface area contributed by atoms with Crippen LogP contribution in [0.5, 0.6) is 0 Å². The van der Waals surface area contributed by atoms with E-state index in [2.05, 4.69) is 24.9 Å². The van der Waals surface area contributed by atoms with Crippen molar-refractivity contribution in [3.63, 3.8) is 0 Å². The van der Waals surface area contributed by atoms with Gasteiger partial charge in [0.05, 0.1) is 6.10 Å². The summed E-state index contributed by atoms with van der Waals surface area (Å²) in [6, 6.07) is 16.3. The summed E-state index contributed by atoms with van der Waals surface area (Å²) in [6.45, 7) is 5.19. The predicted molar refractivity (Wildman–Crippen MR) is 136 cm³/mol. The van der Waals surface area contributed by atoms with E-state index in [1.165, 1.54) is 18.9 Å². The zero-order valence-electron chi connectivity index (χ0n) is 19.6. The van der Waals surface area contributed by atoms with E-state index < -0.39 is 0 Å². The standard InChI is InChI=1S/C29H34FNO2/c1-3-4-8-19-33-22(2)9-6-5-7-10-23-11-17-27(28(30)20-23)25-14-12-24(13-15-25)26-16-18-29(32)31-21-26/h7,10-18,20-22H,3-6,8-9,19H2,1-2H3,(H,31,32)/b10-7+. The fourth-order valence-electron chi connectivity index (χ4n) is 3.76. The maximum absolute atomic E-state index is 14.8. The number of rotatable bonds is 12. The van der Waals surface area contributed by atoms with Crippen LogP contribution in [0.3, 0.4) is 0 Å². The molecule has 1 N–H and O–H groups in total. The monoisotopic (exact) mass is 447 g/mol. The van der Waals surface area contributed by atoms with E-state index in [4.69, 9.17) is 4.74 Å². The van der Waals surface area contributed by atoms with Crippen LogP contribution in [0.15, 0.2) is 71.7 Å². The van der Waals surface area contributed by atoms with E-state index in [0.717, 1.165) is 54.5 Å². The zero-order chi connectivity index (χ0) is 23.5. The van der Waals surface area contributed by atoms with E-state index in [0.29, 0.717) is 11.7 Å². The number of allylic oxidation sites excluding steroid dienone is 1. The van der Waals surface area contributed by atoms with Crippen molar-refractivity contribution in [3.05, 3.63) is 88.6 Å². The molecule has 0 aliphatic rings. The van der Waals surface area contributed by atoms with Crippen LogP contribution < -0.4 is 5.56 Å². The van der Waals surface area contributed by atoms with Crippen molar-refractivity contribution in [1.82, 2.24) is 4.98 Å². The average Bonchev–Trinajstić information content (AvgIpc) is 2.82. The molecule has 1 unspecified atom stereocenters. The maximum atomic E-state index is 14.8. The minimum Gasteiger partial charge on any atom is -0.379 e. The molecule has 0 amide bonds. The molecule has 0 aliphatic heterocycles. The van der Waals surface area contributed by atoms with Gasteiger partial charge in [-0.15, -0.1) is 0 Å². The number of aromatic amines is 1. The van der Waals surface area contributed by atoms with E-state index in [-0.39, 0.29) is 11.4 Å². The summed E-state index contributed by atoms with van der Waals surface area (Å²) in [6.07, 6.45) is 12.7. The summed E-state index contributed by atoms with van der Waals surface area (Å²) in [7, 11) is 0. The van der Waals surface area contributed by atoms with Gasteiger partial charge in [0.1, 0.15) is 5.82 Å². The molecule has 0 saturated heterocycles. The summed E-state index contributed by atoms with van der Waals surface area (Å²) >= 11 is 0. The fraction of sp³-hybridized carbons (Fsp3) is 0.345. The molecule has 2 aromatic carbocycles. The van der Waals surface area contributed by atoms with Gasteiger partial charge < -0.3 is 9.72 Å². The SMILES string of the molecule is CCCCCOC(C)CCC/C=C/c1ccc(-c2ccc(-c3ccc(=O)[nH]c3)cc2)c(F)c1. The van der Waals surface area contributed by atoms with Crippen LogP contribution in [-0.2, 0) is 4.74 Å². The van der Waals surface area contributed by atoms with Gasteiger partial charge in [-0.3, -0.25) is 4.79 Å². The van der Waals surface area contributed by atoms with Crippen LogP contribution in [0.4, 0.5) is 4.39 Å². The molecule has 0 radical (unpaired) electrons. The number of H-pyrrole nitrogens is 1. The molecular weight excluding hydrogens is 413 g/mol. The summed E-state index contributed by atoms with van der Waals surface area (Å²) in [4.78, 5) is 13.9. The lowest BCUT2D eigenvalue weighted by Gasteiger charge is -2.12. The molecule has 0 spiro atoms. The Labute approximate surface area is 196 Å². The van der Waals surface area contributed by atoms with Gasteiger partial charge in [0, 0.05) is 24.4 Å². The lowest BCUT2D eigenvalue weighted by Crippen LogP contribution is -2.08. The third-order valence-electron chi connectivity index (χ3n) is 5.75. The summed E-state index contributed by atoms with van der Waals surface area (Å²) in [5, 5.41) is 0. The van der Waals surface area contributed by atoms with Gasteiger partial charge in [-0.25, -0.2) is 4.39 Å². The van der Waals surface area contributed by atoms with Gasteiger partial charge in [-0.1, -0.05) is 68.3 Å². The van der Waals surface area contributed by atoms with E-state index in [9.17, 15) is 9.18 Å². The largest absolute Gasteiger partial charge is 0.379 e. The second-order valence-corrected chi connectivity index (χ2v) is 8.48. The Balaban J connectivity index is 1.51. The Morgan fingerprint density at radius 3 is 2.42 bits per heavy atom. The second kappa shape index (κ2) is 12.9. The first kappa shape index (κ1) is 24.7. The molecule has 0 aliphatic carbocycles. The predicted octanol–water partition coefficient (Wildman–Crippen LogP) is 7.63. The Morgan fingerprint density at radius 2 is 1.73 bits per heavy atom. The molecule has 3 nitrogen and oxygen atoms in total. The zero-order valence-corrected chi connectivity index (χ0v) is 19.6. The number of aromatic nitrogens is 1. The van der Waals surface area contributed by atoms with Crippen LogP contribution in [0.25, 0.3) is 28.3 Å². The average molecular weight is 448 g/mol. The first-order valence-electron chi connectivity index (χ1n) is 11.9. The third-order valence-corrected chi connectivity index (χ3v) is 5.75. The number of nitrogens with one attached hydrogen (secondary N) is 1. The van der Waals surface area contributed by atoms with Gasteiger partial charge in [-0.2, -0.15) is 0 Å². The highest BCUT2D eigenvalue weighted by atomic mass is 19.1. The van der Waals surface area contributed by atoms with Crippen LogP contribution >= 0.6 is 0 Å². The van der Waals surface area contributed by atoms with Crippen molar-refractivity contribution in [2.75, 3.05) is 6.61 Å². The number of halogens is 1. The molecule has 33 heavy (non-hydrogen) atoms. The van der Waals surface area contributed by atoms with Crippen molar-refractivity contribution < 1.29 is 9.13 Å². The molecule has 4 heteroatoms. The molecule has 174 valence electrons. The topological polar surface area (TPSA) is 42.1 Å². The van der Waals surface area contributed by atoms with Gasteiger partial charge in [-0.05, 0) is 67.0 Å². The van der Waals surface area contributed by atoms with Crippen LogP contribution in [-0.4, -0.2) is 17.7 Å². The molecule has 0 fully saturated rings. The highest BCUT2D eigenvalue weighted by molar-refractivity contribution is 5.71. The molecule has 1 atom stereocenters. The second-order valence-electron chi connectivity index (χ2n) is 8.48. The van der Waals surface area contributed by atoms with Gasteiger partial charge in [0.25, 0.3) is 0 Å². The first-order valence-corrected chi connectivity index (χ1v) is 11.9. The Morgan fingerprint density at radius 1 is 0.970 bits per heavy atom. The van der Waals surface area contributed by atoms with E-state index >= 15 is 0 Å². The quantitative estimate of drug-likeness (QED) is 0.290. The summed E-state index contributed by atoms with van der Waals surface area (Å²) in [5.74, 6) is -0.233. The Hall–Kier alpha value is -2.98. The summed E-state index contributed by atoms with van der Waals surface area (Å²) in [5.41, 5.74) is 4.02. The van der Waals surface area contributed by atoms with Crippen LogP contribution in [0, 0.1) is 5.82 Å². The van der Waals surface area contributed by atoms with Gasteiger partial charge in [0.15, 0.2) is 0 Å². The van der Waals surface area contributed by atoms with Gasteiger partial charge in [0.2, 0.25) is 5.56 Å². The number of hydrogen-bond donors (Lipinski definition) is 1. The first-order chi connectivity index (χ1) is 16.1. The third kappa shape index (κ3) is 7.83. The van der Waals surface area contributed by atoms with Crippen molar-refractivity contribution in [2.45, 2.75) is 58.5 Å². The highest BCUT2D eigenvalue weighted by Crippen LogP contribution is 2.27. The van der Waals surface area contributed by atoms with Crippen molar-refractivity contribution >= 4 is 6.08 Å². The van der Waals surface area contributed by atoms with Crippen molar-refractivity contribution in [1.29, 1.82) is 0 Å². The molecule has 1 aromatic heterocycles. The van der Waals surface area contributed by atoms with E-state index in [1.807, 2.05) is 42.5 Å². The fourth-order valence-corrected chi connectivity index (χ4v) is 3.76. The maximum Gasteiger partial charge on any atom is 0.247 e. The van der Waals surface area contributed by atoms with E-state index in [1.54, 1.807) is 18.3 Å². The summed E-state index contributed by atoms with van der Waals surface area (Å²) < 4.78 is 20.6. The Kier molecular flexibility index (Phi) is 9.64. The van der Waals surface area contributed by atoms with Crippen LogP contribution in [0.1, 0.15) is 57.9 Å². The molecule has 1 heterocycles.